The number of aromatic nitrogens is 4. The van der Waals surface area contributed by atoms with Gasteiger partial charge in [0.15, 0.2) is 10.8 Å². The van der Waals surface area contributed by atoms with E-state index in [2.05, 4.69) is 5.10 Å². The highest BCUT2D eigenvalue weighted by molar-refractivity contribution is 7.99. The topological polar surface area (TPSA) is 73.0 Å². The van der Waals surface area contributed by atoms with Crippen molar-refractivity contribution in [2.24, 2.45) is 0 Å². The highest BCUT2D eigenvalue weighted by atomic mass is 32.2. The molecule has 168 valence electrons. The number of carbonyl (C=O) groups excluding carboxylic acids is 1. The summed E-state index contributed by atoms with van der Waals surface area (Å²) in [5.41, 5.74) is 3.52. The van der Waals surface area contributed by atoms with Gasteiger partial charge in [0.25, 0.3) is 5.56 Å². The van der Waals surface area contributed by atoms with Crippen molar-refractivity contribution >= 4 is 28.7 Å². The first-order valence-corrected chi connectivity index (χ1v) is 12.1. The fourth-order valence-corrected chi connectivity index (χ4v) is 5.30. The molecular weight excluding hydrogens is 434 g/mol. The second kappa shape index (κ2) is 8.86. The van der Waals surface area contributed by atoms with Crippen LogP contribution in [0.5, 0.6) is 0 Å². The molecule has 3 heterocycles. The number of hydrogen-bond donors (Lipinski definition) is 0. The molecule has 33 heavy (non-hydrogen) atoms. The van der Waals surface area contributed by atoms with Gasteiger partial charge in [0.1, 0.15) is 5.39 Å². The van der Waals surface area contributed by atoms with Crippen molar-refractivity contribution < 1.29 is 4.79 Å². The molecule has 0 radical (unpaired) electrons. The van der Waals surface area contributed by atoms with Crippen molar-refractivity contribution in [3.05, 3.63) is 82.3 Å². The molecule has 0 saturated carbocycles. The lowest BCUT2D eigenvalue weighted by Crippen LogP contribution is -2.34. The van der Waals surface area contributed by atoms with E-state index in [1.165, 1.54) is 11.8 Å². The second-order valence-electron chi connectivity index (χ2n) is 8.26. The Balaban J connectivity index is 1.42. The minimum Gasteiger partial charge on any atom is -0.339 e. The van der Waals surface area contributed by atoms with Crippen LogP contribution in [0, 0.1) is 6.92 Å². The van der Waals surface area contributed by atoms with Crippen LogP contribution < -0.4 is 5.56 Å². The van der Waals surface area contributed by atoms with Gasteiger partial charge >= 0.3 is 0 Å². The van der Waals surface area contributed by atoms with Crippen molar-refractivity contribution in [1.29, 1.82) is 0 Å². The van der Waals surface area contributed by atoms with Crippen LogP contribution in [-0.4, -0.2) is 42.4 Å². The first kappa shape index (κ1) is 21.5. The Labute approximate surface area is 196 Å². The van der Waals surface area contributed by atoms with E-state index in [0.29, 0.717) is 35.0 Å². The van der Waals surface area contributed by atoms with E-state index in [9.17, 15) is 9.59 Å². The summed E-state index contributed by atoms with van der Waals surface area (Å²) in [6, 6.07) is 17.7. The zero-order valence-corrected chi connectivity index (χ0v) is 19.5. The van der Waals surface area contributed by atoms with E-state index >= 15 is 0 Å². The maximum absolute atomic E-state index is 13.4. The first-order chi connectivity index (χ1) is 16.0. The van der Waals surface area contributed by atoms with Gasteiger partial charge in [0, 0.05) is 25.3 Å². The quantitative estimate of drug-likeness (QED) is 0.408. The van der Waals surface area contributed by atoms with Crippen molar-refractivity contribution in [2.75, 3.05) is 12.3 Å². The maximum Gasteiger partial charge on any atom is 0.265 e. The number of rotatable bonds is 6. The van der Waals surface area contributed by atoms with Crippen LogP contribution in [0.25, 0.3) is 16.7 Å². The van der Waals surface area contributed by atoms with Crippen LogP contribution in [0.1, 0.15) is 30.5 Å². The first-order valence-electron chi connectivity index (χ1n) is 11.1. The largest absolute Gasteiger partial charge is 0.339 e. The third-order valence-electron chi connectivity index (χ3n) is 6.01. The van der Waals surface area contributed by atoms with Gasteiger partial charge in [-0.3, -0.25) is 14.2 Å². The Morgan fingerprint density at radius 1 is 1.15 bits per heavy atom. The van der Waals surface area contributed by atoms with E-state index in [1.807, 2.05) is 73.3 Å². The molecule has 8 heteroatoms. The summed E-state index contributed by atoms with van der Waals surface area (Å²) >= 11 is 1.52. The number of aryl methyl sites for hydroxylation is 1. The number of hydrogen-bond acceptors (Lipinski definition) is 5. The molecule has 0 saturated heterocycles. The van der Waals surface area contributed by atoms with Crippen LogP contribution >= 0.6 is 11.8 Å². The second-order valence-corrected chi connectivity index (χ2v) is 9.25. The van der Waals surface area contributed by atoms with E-state index < -0.39 is 0 Å². The lowest BCUT2D eigenvalue weighted by atomic mass is 10.1. The molecule has 5 rings (SSSR count). The number of nitrogens with zero attached hydrogens (tertiary/aromatic N) is 5. The van der Waals surface area contributed by atoms with Gasteiger partial charge in [-0.15, -0.1) is 0 Å². The lowest BCUT2D eigenvalue weighted by molar-refractivity contribution is -0.132. The minimum atomic E-state index is -0.213. The summed E-state index contributed by atoms with van der Waals surface area (Å²) in [7, 11) is 0. The van der Waals surface area contributed by atoms with Gasteiger partial charge in [-0.25, -0.2) is 9.67 Å². The summed E-state index contributed by atoms with van der Waals surface area (Å²) in [4.78, 5) is 33.1. The molecule has 0 N–H and O–H groups in total. The molecule has 0 spiro atoms. The molecule has 2 aromatic heterocycles. The summed E-state index contributed by atoms with van der Waals surface area (Å²) in [5, 5.41) is 5.54. The molecule has 1 amide bonds. The predicted octanol–water partition coefficient (Wildman–Crippen LogP) is 3.98. The van der Waals surface area contributed by atoms with Gasteiger partial charge in [0.2, 0.25) is 5.91 Å². The van der Waals surface area contributed by atoms with E-state index in [-0.39, 0.29) is 23.9 Å². The molecule has 4 aromatic rings. The Bertz CT molecular complexity index is 1360. The predicted molar refractivity (Wildman–Crippen MR) is 130 cm³/mol. The Morgan fingerprint density at radius 3 is 2.64 bits per heavy atom. The maximum atomic E-state index is 13.4. The molecule has 0 aliphatic carbocycles. The van der Waals surface area contributed by atoms with Crippen molar-refractivity contribution in [3.63, 3.8) is 0 Å². The van der Waals surface area contributed by atoms with E-state index in [0.717, 1.165) is 16.8 Å². The van der Waals surface area contributed by atoms with Gasteiger partial charge in [-0.05, 0) is 31.5 Å². The van der Waals surface area contributed by atoms with Crippen molar-refractivity contribution in [2.45, 2.75) is 38.0 Å². The number of benzene rings is 2. The van der Waals surface area contributed by atoms with Crippen molar-refractivity contribution in [3.8, 4) is 5.69 Å². The van der Waals surface area contributed by atoms with Gasteiger partial charge in [0.05, 0.1) is 17.9 Å². The Kier molecular flexibility index (Phi) is 5.76. The van der Waals surface area contributed by atoms with Crippen molar-refractivity contribution in [1.82, 2.24) is 24.2 Å². The van der Waals surface area contributed by atoms with Crippen LogP contribution in [0.2, 0.25) is 0 Å². The average Bonchev–Trinajstić information content (AvgIpc) is 3.43. The summed E-state index contributed by atoms with van der Waals surface area (Å²) < 4.78 is 3.39. The van der Waals surface area contributed by atoms with Crippen LogP contribution in [0.3, 0.4) is 0 Å². The smallest absolute Gasteiger partial charge is 0.265 e. The number of thioether (sulfide) groups is 1. The Morgan fingerprint density at radius 2 is 1.91 bits per heavy atom. The molecule has 1 aliphatic rings. The Hall–Kier alpha value is -3.39. The molecule has 0 bridgehead atoms. The highest BCUT2D eigenvalue weighted by Crippen LogP contribution is 2.34. The van der Waals surface area contributed by atoms with Crippen LogP contribution in [-0.2, 0) is 11.3 Å². The van der Waals surface area contributed by atoms with Gasteiger partial charge in [-0.2, -0.15) is 5.10 Å². The fourth-order valence-electron chi connectivity index (χ4n) is 4.17. The molecular formula is C25H25N5O2S. The monoisotopic (exact) mass is 459 g/mol. The van der Waals surface area contributed by atoms with Gasteiger partial charge in [-0.1, -0.05) is 59.8 Å². The molecule has 1 unspecified atom stereocenters. The molecule has 7 nitrogen and oxygen atoms in total. The van der Waals surface area contributed by atoms with E-state index in [1.54, 1.807) is 15.4 Å². The third-order valence-corrected chi connectivity index (χ3v) is 7.11. The number of amides is 1. The third kappa shape index (κ3) is 4.06. The summed E-state index contributed by atoms with van der Waals surface area (Å²) in [5.74, 6) is 0.698. The average molecular weight is 460 g/mol. The normalized spacial score (nSPS) is 15.0. The SMILES string of the molecule is CCN(Cc1ccccc1)C(=O)CC1CSc2nc3c(cnn3-c3ccc(C)cc3)c(=O)n21. The molecule has 1 aliphatic heterocycles. The van der Waals surface area contributed by atoms with Crippen LogP contribution in [0.15, 0.2) is 70.7 Å². The highest BCUT2D eigenvalue weighted by Gasteiger charge is 2.30. The molecule has 0 fully saturated rings. The fraction of sp³-hybridized carbons (Fsp3) is 0.280. The van der Waals surface area contributed by atoms with Gasteiger partial charge < -0.3 is 4.90 Å². The van der Waals surface area contributed by atoms with Crippen LogP contribution in [0.4, 0.5) is 0 Å². The lowest BCUT2D eigenvalue weighted by Gasteiger charge is -2.23. The summed E-state index contributed by atoms with van der Waals surface area (Å²) in [6.07, 6.45) is 1.85. The number of carbonyl (C=O) groups is 1. The van der Waals surface area contributed by atoms with E-state index in [4.69, 9.17) is 4.98 Å². The molecule has 1 atom stereocenters. The summed E-state index contributed by atoms with van der Waals surface area (Å²) in [6.45, 7) is 5.20. The standard InChI is InChI=1S/C25H25N5O2S/c1-3-28(15-18-7-5-4-6-8-18)22(31)13-20-16-33-25-27-23-21(24(32)29(20)25)14-26-30(23)19-11-9-17(2)10-12-19/h4-12,14,20H,3,13,15-16H2,1-2H3. The zero-order chi connectivity index (χ0) is 22.9. The number of fused-ring (bicyclic) bond motifs is 2. The minimum absolute atomic E-state index is 0.0437. The molecule has 2 aromatic carbocycles. The zero-order valence-electron chi connectivity index (χ0n) is 18.6.